The van der Waals surface area contributed by atoms with Crippen molar-refractivity contribution in [3.63, 3.8) is 0 Å². The summed E-state index contributed by atoms with van der Waals surface area (Å²) in [5.41, 5.74) is 0.550. The van der Waals surface area contributed by atoms with Crippen LogP contribution in [0.3, 0.4) is 0 Å². The molecular weight excluding hydrogens is 110 g/mol. The Bertz CT molecular complexity index is 96.7. The van der Waals surface area contributed by atoms with Gasteiger partial charge in [-0.3, -0.25) is 0 Å². The van der Waals surface area contributed by atoms with Crippen LogP contribution in [0.4, 0.5) is 0 Å². The van der Waals surface area contributed by atoms with Gasteiger partial charge in [-0.2, -0.15) is 0 Å². The van der Waals surface area contributed by atoms with Crippen LogP contribution in [0.2, 0.25) is 0 Å². The molecule has 0 saturated heterocycles. The molecule has 0 bridgehead atoms. The fourth-order valence-corrected chi connectivity index (χ4v) is 1.86. The van der Waals surface area contributed by atoms with Gasteiger partial charge in [-0.15, -0.1) is 0 Å². The molecule has 1 N–H and O–H groups in total. The summed E-state index contributed by atoms with van der Waals surface area (Å²) in [5, 5.41) is 3.35. The lowest BCUT2D eigenvalue weighted by Crippen LogP contribution is -2.34. The molecule has 1 fully saturated rings. The van der Waals surface area contributed by atoms with E-state index in [1.54, 1.807) is 0 Å². The van der Waals surface area contributed by atoms with E-state index in [1.165, 1.54) is 19.3 Å². The molecule has 0 radical (unpaired) electrons. The first-order valence-electron chi connectivity index (χ1n) is 3.84. The lowest BCUT2D eigenvalue weighted by molar-refractivity contribution is 0.297. The molecule has 0 spiro atoms. The van der Waals surface area contributed by atoms with Gasteiger partial charge >= 0.3 is 0 Å². The van der Waals surface area contributed by atoms with E-state index in [1.807, 2.05) is 0 Å². The summed E-state index contributed by atoms with van der Waals surface area (Å²) < 4.78 is 0. The summed E-state index contributed by atoms with van der Waals surface area (Å²) in [6.07, 6.45) is 4.15. The van der Waals surface area contributed by atoms with Gasteiger partial charge in [0, 0.05) is 6.04 Å². The maximum absolute atomic E-state index is 3.35. The van der Waals surface area contributed by atoms with Crippen molar-refractivity contribution in [2.24, 2.45) is 5.41 Å². The van der Waals surface area contributed by atoms with Crippen LogP contribution in [0, 0.1) is 5.41 Å². The Morgan fingerprint density at radius 1 is 1.44 bits per heavy atom. The van der Waals surface area contributed by atoms with Crippen molar-refractivity contribution in [1.29, 1.82) is 0 Å². The minimum atomic E-state index is 0.550. The summed E-state index contributed by atoms with van der Waals surface area (Å²) in [6, 6.07) is 0.762. The van der Waals surface area contributed by atoms with E-state index in [0.717, 1.165) is 6.04 Å². The van der Waals surface area contributed by atoms with E-state index in [2.05, 4.69) is 26.2 Å². The molecule has 0 aromatic carbocycles. The molecule has 1 heteroatoms. The summed E-state index contributed by atoms with van der Waals surface area (Å²) in [5.74, 6) is 0. The molecule has 54 valence electrons. The fourth-order valence-electron chi connectivity index (χ4n) is 1.86. The summed E-state index contributed by atoms with van der Waals surface area (Å²) in [6.45, 7) is 4.70. The molecular formula is C8H17N. The molecule has 9 heavy (non-hydrogen) atoms. The van der Waals surface area contributed by atoms with Gasteiger partial charge in [0.1, 0.15) is 0 Å². The Kier molecular flexibility index (Phi) is 1.80. The average Bonchev–Trinajstić information content (AvgIpc) is 2.08. The number of rotatable bonds is 1. The first kappa shape index (κ1) is 7.07. The Hall–Kier alpha value is -0.0400. The van der Waals surface area contributed by atoms with Gasteiger partial charge in [0.25, 0.3) is 0 Å². The van der Waals surface area contributed by atoms with Crippen LogP contribution < -0.4 is 5.32 Å². The number of hydrogen-bond donors (Lipinski definition) is 1. The zero-order valence-electron chi connectivity index (χ0n) is 6.70. The Morgan fingerprint density at radius 3 is 2.33 bits per heavy atom. The summed E-state index contributed by atoms with van der Waals surface area (Å²) in [7, 11) is 2.07. The largest absolute Gasteiger partial charge is 0.316 e. The first-order valence-corrected chi connectivity index (χ1v) is 3.84. The third-order valence-corrected chi connectivity index (χ3v) is 2.61. The van der Waals surface area contributed by atoms with Crippen molar-refractivity contribution in [3.05, 3.63) is 0 Å². The minimum absolute atomic E-state index is 0.550. The molecule has 0 aromatic rings. The molecule has 0 aliphatic heterocycles. The van der Waals surface area contributed by atoms with E-state index in [9.17, 15) is 0 Å². The molecule has 1 saturated carbocycles. The van der Waals surface area contributed by atoms with Gasteiger partial charge < -0.3 is 5.32 Å². The number of hydrogen-bond acceptors (Lipinski definition) is 1. The molecule has 1 aliphatic rings. The van der Waals surface area contributed by atoms with Crippen molar-refractivity contribution in [1.82, 2.24) is 5.32 Å². The van der Waals surface area contributed by atoms with Crippen molar-refractivity contribution in [2.45, 2.75) is 39.2 Å². The smallest absolute Gasteiger partial charge is 0.0115 e. The van der Waals surface area contributed by atoms with Crippen molar-refractivity contribution >= 4 is 0 Å². The molecule has 1 rings (SSSR count). The second-order valence-corrected chi connectivity index (χ2v) is 3.72. The lowest BCUT2D eigenvalue weighted by atomic mass is 9.88. The molecule has 1 nitrogen and oxygen atoms in total. The van der Waals surface area contributed by atoms with E-state index < -0.39 is 0 Å². The second kappa shape index (κ2) is 2.30. The predicted octanol–water partition coefficient (Wildman–Crippen LogP) is 1.78. The highest BCUT2D eigenvalue weighted by molar-refractivity contribution is 4.88. The van der Waals surface area contributed by atoms with Crippen LogP contribution in [-0.4, -0.2) is 13.1 Å². The standard InChI is InChI=1S/C8H17N/c1-8(2)6-4-5-7(8)9-3/h7,9H,4-6H2,1-3H3. The van der Waals surface area contributed by atoms with Crippen LogP contribution in [0.25, 0.3) is 0 Å². The van der Waals surface area contributed by atoms with Crippen LogP contribution in [0.15, 0.2) is 0 Å². The highest BCUT2D eigenvalue weighted by Gasteiger charge is 2.32. The van der Waals surface area contributed by atoms with Gasteiger partial charge in [-0.1, -0.05) is 20.3 Å². The number of nitrogens with one attached hydrogen (secondary N) is 1. The maximum Gasteiger partial charge on any atom is 0.0115 e. The molecule has 0 heterocycles. The first-order chi connectivity index (χ1) is 4.17. The van der Waals surface area contributed by atoms with Gasteiger partial charge in [-0.25, -0.2) is 0 Å². The molecule has 1 atom stereocenters. The van der Waals surface area contributed by atoms with Crippen LogP contribution in [0.5, 0.6) is 0 Å². The minimum Gasteiger partial charge on any atom is -0.316 e. The normalized spacial score (nSPS) is 33.0. The highest BCUT2D eigenvalue weighted by Crippen LogP contribution is 2.36. The quantitative estimate of drug-likeness (QED) is 0.566. The van der Waals surface area contributed by atoms with Crippen molar-refractivity contribution < 1.29 is 0 Å². The lowest BCUT2D eigenvalue weighted by Gasteiger charge is -2.26. The molecule has 0 aromatic heterocycles. The van der Waals surface area contributed by atoms with Crippen molar-refractivity contribution in [3.8, 4) is 0 Å². The Labute approximate surface area is 57.8 Å². The Morgan fingerprint density at radius 2 is 2.11 bits per heavy atom. The SMILES string of the molecule is CNC1CCCC1(C)C. The van der Waals surface area contributed by atoms with Crippen LogP contribution in [-0.2, 0) is 0 Å². The predicted molar refractivity (Wildman–Crippen MR) is 40.5 cm³/mol. The third kappa shape index (κ3) is 1.26. The summed E-state index contributed by atoms with van der Waals surface area (Å²) in [4.78, 5) is 0. The zero-order chi connectivity index (χ0) is 6.91. The highest BCUT2D eigenvalue weighted by atomic mass is 14.9. The van der Waals surface area contributed by atoms with Gasteiger partial charge in [-0.05, 0) is 25.3 Å². The average molecular weight is 127 g/mol. The van der Waals surface area contributed by atoms with Crippen molar-refractivity contribution in [2.75, 3.05) is 7.05 Å². The van der Waals surface area contributed by atoms with E-state index in [0.29, 0.717) is 5.41 Å². The monoisotopic (exact) mass is 127 g/mol. The molecule has 1 unspecified atom stereocenters. The molecule has 1 aliphatic carbocycles. The van der Waals surface area contributed by atoms with E-state index >= 15 is 0 Å². The van der Waals surface area contributed by atoms with E-state index in [-0.39, 0.29) is 0 Å². The van der Waals surface area contributed by atoms with Gasteiger partial charge in [0.15, 0.2) is 0 Å². The second-order valence-electron chi connectivity index (χ2n) is 3.72. The van der Waals surface area contributed by atoms with Crippen LogP contribution >= 0.6 is 0 Å². The Balaban J connectivity index is 2.52. The van der Waals surface area contributed by atoms with Gasteiger partial charge in [0.05, 0.1) is 0 Å². The maximum atomic E-state index is 3.35. The molecule has 0 amide bonds. The van der Waals surface area contributed by atoms with E-state index in [4.69, 9.17) is 0 Å². The van der Waals surface area contributed by atoms with Gasteiger partial charge in [0.2, 0.25) is 0 Å². The fraction of sp³-hybridized carbons (Fsp3) is 1.00. The van der Waals surface area contributed by atoms with Crippen LogP contribution in [0.1, 0.15) is 33.1 Å². The zero-order valence-corrected chi connectivity index (χ0v) is 6.70. The summed E-state index contributed by atoms with van der Waals surface area (Å²) >= 11 is 0. The third-order valence-electron chi connectivity index (χ3n) is 2.61. The topological polar surface area (TPSA) is 12.0 Å².